The first-order valence-corrected chi connectivity index (χ1v) is 6.48. The van der Waals surface area contributed by atoms with Gasteiger partial charge in [-0.15, -0.1) is 0 Å². The normalized spacial score (nSPS) is 29.2. The molecule has 0 saturated heterocycles. The van der Waals surface area contributed by atoms with Crippen LogP contribution in [0.25, 0.3) is 0 Å². The molecule has 1 saturated carbocycles. The van der Waals surface area contributed by atoms with Crippen molar-refractivity contribution in [2.45, 2.75) is 45.1 Å². The highest BCUT2D eigenvalue weighted by molar-refractivity contribution is 5.22. The van der Waals surface area contributed by atoms with E-state index >= 15 is 0 Å². The van der Waals surface area contributed by atoms with E-state index in [2.05, 4.69) is 31.2 Å². The summed E-state index contributed by atoms with van der Waals surface area (Å²) in [5, 5.41) is 19.2. The molecule has 94 valence electrons. The Morgan fingerprint density at radius 2 is 1.76 bits per heavy atom. The van der Waals surface area contributed by atoms with Crippen molar-refractivity contribution >= 4 is 0 Å². The summed E-state index contributed by atoms with van der Waals surface area (Å²) < 4.78 is 0. The molecule has 1 aromatic rings. The summed E-state index contributed by atoms with van der Waals surface area (Å²) in [5.74, 6) is 0. The fraction of sp³-hybridized carbons (Fsp3) is 0.600. The Hall–Kier alpha value is -0.860. The van der Waals surface area contributed by atoms with E-state index < -0.39 is 0 Å². The minimum atomic E-state index is -0.160. The van der Waals surface area contributed by atoms with Gasteiger partial charge in [0.25, 0.3) is 0 Å². The van der Waals surface area contributed by atoms with Crippen LogP contribution >= 0.6 is 0 Å². The van der Waals surface area contributed by atoms with E-state index in [1.807, 2.05) is 0 Å². The number of aliphatic hydroxyl groups is 2. The molecule has 0 aromatic heterocycles. The Balaban J connectivity index is 2.06. The monoisotopic (exact) mass is 234 g/mol. The Kier molecular flexibility index (Phi) is 3.85. The summed E-state index contributed by atoms with van der Waals surface area (Å²) in [5.41, 5.74) is 2.56. The molecule has 1 aromatic carbocycles. The topological polar surface area (TPSA) is 40.5 Å². The van der Waals surface area contributed by atoms with E-state index in [0.717, 1.165) is 32.1 Å². The molecule has 0 spiro atoms. The molecule has 2 rings (SSSR count). The van der Waals surface area contributed by atoms with Crippen molar-refractivity contribution in [3.63, 3.8) is 0 Å². The van der Waals surface area contributed by atoms with Crippen LogP contribution in [0.5, 0.6) is 0 Å². The zero-order chi connectivity index (χ0) is 12.3. The standard InChI is InChI=1S/C15H22O2/c1-12-2-4-13(5-3-12)10-15(11-16)8-6-14(17)7-9-15/h2-5,14,16-17H,6-11H2,1H3. The molecule has 17 heavy (non-hydrogen) atoms. The molecule has 1 aliphatic rings. The molecule has 0 amide bonds. The molecule has 0 radical (unpaired) electrons. The van der Waals surface area contributed by atoms with Gasteiger partial charge in [-0.3, -0.25) is 0 Å². The highest BCUT2D eigenvalue weighted by atomic mass is 16.3. The van der Waals surface area contributed by atoms with E-state index in [4.69, 9.17) is 0 Å². The Morgan fingerprint density at radius 3 is 2.29 bits per heavy atom. The quantitative estimate of drug-likeness (QED) is 0.843. The number of aliphatic hydroxyl groups excluding tert-OH is 2. The minimum Gasteiger partial charge on any atom is -0.396 e. The second kappa shape index (κ2) is 5.19. The Labute approximate surface area is 103 Å². The van der Waals surface area contributed by atoms with Crippen LogP contribution in [0.4, 0.5) is 0 Å². The maximum atomic E-state index is 9.66. The van der Waals surface area contributed by atoms with Crippen molar-refractivity contribution in [1.29, 1.82) is 0 Å². The average Bonchev–Trinajstić information content (AvgIpc) is 2.35. The smallest absolute Gasteiger partial charge is 0.0540 e. The van der Waals surface area contributed by atoms with E-state index in [1.165, 1.54) is 11.1 Å². The molecule has 1 aliphatic carbocycles. The van der Waals surface area contributed by atoms with Gasteiger partial charge in [0.1, 0.15) is 0 Å². The van der Waals surface area contributed by atoms with E-state index in [0.29, 0.717) is 0 Å². The molecule has 2 N–H and O–H groups in total. The van der Waals surface area contributed by atoms with Gasteiger partial charge in [0.05, 0.1) is 6.10 Å². The van der Waals surface area contributed by atoms with Gasteiger partial charge in [-0.05, 0) is 50.0 Å². The van der Waals surface area contributed by atoms with E-state index in [-0.39, 0.29) is 18.1 Å². The minimum absolute atomic E-state index is 0.00547. The summed E-state index contributed by atoms with van der Waals surface area (Å²) in [6.07, 6.45) is 4.28. The first-order valence-electron chi connectivity index (χ1n) is 6.48. The Morgan fingerprint density at radius 1 is 1.18 bits per heavy atom. The summed E-state index contributed by atoms with van der Waals surface area (Å²) in [6, 6.07) is 8.55. The lowest BCUT2D eigenvalue weighted by atomic mass is 9.70. The van der Waals surface area contributed by atoms with Gasteiger partial charge in [-0.1, -0.05) is 29.8 Å². The van der Waals surface area contributed by atoms with Crippen molar-refractivity contribution in [2.24, 2.45) is 5.41 Å². The molecule has 1 fully saturated rings. The van der Waals surface area contributed by atoms with Gasteiger partial charge in [-0.2, -0.15) is 0 Å². The van der Waals surface area contributed by atoms with Crippen molar-refractivity contribution in [2.75, 3.05) is 6.61 Å². The van der Waals surface area contributed by atoms with Crippen LogP contribution in [-0.4, -0.2) is 22.9 Å². The highest BCUT2D eigenvalue weighted by Crippen LogP contribution is 2.38. The van der Waals surface area contributed by atoms with Crippen LogP contribution in [0.3, 0.4) is 0 Å². The van der Waals surface area contributed by atoms with Crippen LogP contribution in [-0.2, 0) is 6.42 Å². The predicted molar refractivity (Wildman–Crippen MR) is 68.9 cm³/mol. The lowest BCUT2D eigenvalue weighted by Gasteiger charge is -2.37. The lowest BCUT2D eigenvalue weighted by Crippen LogP contribution is -2.34. The summed E-state index contributed by atoms with van der Waals surface area (Å²) in [6.45, 7) is 2.32. The second-order valence-corrected chi connectivity index (χ2v) is 5.55. The van der Waals surface area contributed by atoms with Gasteiger partial charge in [0.15, 0.2) is 0 Å². The SMILES string of the molecule is Cc1ccc(CC2(CO)CCC(O)CC2)cc1. The fourth-order valence-corrected chi connectivity index (χ4v) is 2.74. The highest BCUT2D eigenvalue weighted by Gasteiger charge is 2.34. The van der Waals surface area contributed by atoms with Crippen molar-refractivity contribution in [1.82, 2.24) is 0 Å². The summed E-state index contributed by atoms with van der Waals surface area (Å²) in [4.78, 5) is 0. The predicted octanol–water partition coefficient (Wildman–Crippen LogP) is 2.45. The van der Waals surface area contributed by atoms with Crippen LogP contribution < -0.4 is 0 Å². The number of hydrogen-bond acceptors (Lipinski definition) is 2. The average molecular weight is 234 g/mol. The maximum absolute atomic E-state index is 9.66. The molecule has 0 unspecified atom stereocenters. The lowest BCUT2D eigenvalue weighted by molar-refractivity contribution is 0.0242. The molecular formula is C15H22O2. The van der Waals surface area contributed by atoms with Gasteiger partial charge in [0.2, 0.25) is 0 Å². The summed E-state index contributed by atoms with van der Waals surface area (Å²) >= 11 is 0. The summed E-state index contributed by atoms with van der Waals surface area (Å²) in [7, 11) is 0. The number of hydrogen-bond donors (Lipinski definition) is 2. The fourth-order valence-electron chi connectivity index (χ4n) is 2.74. The van der Waals surface area contributed by atoms with E-state index in [9.17, 15) is 10.2 Å². The number of rotatable bonds is 3. The molecule has 2 heteroatoms. The maximum Gasteiger partial charge on any atom is 0.0540 e. The third-order valence-electron chi connectivity index (χ3n) is 4.05. The zero-order valence-corrected chi connectivity index (χ0v) is 10.5. The number of aryl methyl sites for hydroxylation is 1. The van der Waals surface area contributed by atoms with Gasteiger partial charge in [-0.25, -0.2) is 0 Å². The molecule has 2 nitrogen and oxygen atoms in total. The van der Waals surface area contributed by atoms with Crippen LogP contribution in [0.1, 0.15) is 36.8 Å². The van der Waals surface area contributed by atoms with Crippen molar-refractivity contribution in [3.8, 4) is 0 Å². The molecule has 0 atom stereocenters. The number of benzene rings is 1. The largest absolute Gasteiger partial charge is 0.396 e. The second-order valence-electron chi connectivity index (χ2n) is 5.55. The van der Waals surface area contributed by atoms with Crippen LogP contribution in [0.2, 0.25) is 0 Å². The van der Waals surface area contributed by atoms with Gasteiger partial charge < -0.3 is 10.2 Å². The third kappa shape index (κ3) is 3.08. The third-order valence-corrected chi connectivity index (χ3v) is 4.05. The Bertz CT molecular complexity index is 348. The van der Waals surface area contributed by atoms with Crippen molar-refractivity contribution in [3.05, 3.63) is 35.4 Å². The molecule has 0 heterocycles. The first kappa shape index (κ1) is 12.6. The van der Waals surface area contributed by atoms with Crippen LogP contribution in [0, 0.1) is 12.3 Å². The molecule has 0 bridgehead atoms. The van der Waals surface area contributed by atoms with Gasteiger partial charge in [0, 0.05) is 6.61 Å². The van der Waals surface area contributed by atoms with Crippen LogP contribution in [0.15, 0.2) is 24.3 Å². The van der Waals surface area contributed by atoms with Crippen molar-refractivity contribution < 1.29 is 10.2 Å². The molecule has 0 aliphatic heterocycles. The molecular weight excluding hydrogens is 212 g/mol. The first-order chi connectivity index (χ1) is 8.13. The van der Waals surface area contributed by atoms with E-state index in [1.54, 1.807) is 0 Å². The van der Waals surface area contributed by atoms with Gasteiger partial charge >= 0.3 is 0 Å². The zero-order valence-electron chi connectivity index (χ0n) is 10.5.